The van der Waals surface area contributed by atoms with Crippen LogP contribution in [0.1, 0.15) is 34.1 Å². The van der Waals surface area contributed by atoms with E-state index in [1.807, 2.05) is 6.92 Å². The maximum atomic E-state index is 11.3. The number of phosphoric acid groups is 1. The third-order valence-electron chi connectivity index (χ3n) is 3.36. The molecule has 0 aromatic carbocycles. The van der Waals surface area contributed by atoms with Gasteiger partial charge in [-0.25, -0.2) is 9.36 Å². The predicted octanol–water partition coefficient (Wildman–Crippen LogP) is 1.89. The molecule has 0 aliphatic carbocycles. The summed E-state index contributed by atoms with van der Waals surface area (Å²) in [4.78, 5) is 38.9. The fourth-order valence-corrected chi connectivity index (χ4v) is 1.48. The Kier molecular flexibility index (Phi) is 12.7. The molecule has 160 valence electrons. The lowest BCUT2D eigenvalue weighted by Gasteiger charge is -2.23. The molecule has 0 unspecified atom stereocenters. The number of likely N-dealkylation sites (N-methyl/N-ethyl adjacent to an activating group) is 1. The molecule has 0 spiro atoms. The maximum absolute atomic E-state index is 11.3. The average Bonchev–Trinajstić information content (AvgIpc) is 2.49. The molecule has 10 heteroatoms. The van der Waals surface area contributed by atoms with Crippen LogP contribution < -0.4 is 0 Å². The molecule has 0 rings (SSSR count). The Hall–Kier alpha value is -1.25. The fourth-order valence-electron chi connectivity index (χ4n) is 1.17. The van der Waals surface area contributed by atoms with E-state index in [-0.39, 0.29) is 19.2 Å². The fraction of sp³-hybridized carbons (Fsp3) is 0.765. The first-order valence-corrected chi connectivity index (χ1v) is 10.1. The van der Waals surface area contributed by atoms with E-state index < -0.39 is 19.2 Å². The Labute approximate surface area is 162 Å². The van der Waals surface area contributed by atoms with Crippen molar-refractivity contribution in [3.05, 3.63) is 12.2 Å². The Bertz CT molecular complexity index is 534. The highest BCUT2D eigenvalue weighted by Crippen LogP contribution is 2.35. The zero-order valence-electron chi connectivity index (χ0n) is 17.5. The number of rotatable bonds is 10. The van der Waals surface area contributed by atoms with E-state index in [1.165, 1.54) is 0 Å². The number of quaternary nitrogens is 1. The highest BCUT2D eigenvalue weighted by Gasteiger charge is 2.27. The van der Waals surface area contributed by atoms with E-state index in [9.17, 15) is 14.2 Å². The van der Waals surface area contributed by atoms with Crippen molar-refractivity contribution in [1.82, 2.24) is 0 Å². The van der Waals surface area contributed by atoms with Crippen LogP contribution in [0.3, 0.4) is 0 Å². The van der Waals surface area contributed by atoms with Crippen LogP contribution in [-0.2, 0) is 28.2 Å². The highest BCUT2D eigenvalue weighted by atomic mass is 31.2. The molecular weight excluding hydrogens is 377 g/mol. The summed E-state index contributed by atoms with van der Waals surface area (Å²) in [5.74, 6) is -0.706. The van der Waals surface area contributed by atoms with Crippen LogP contribution in [0.25, 0.3) is 0 Å². The molecule has 0 saturated carbocycles. The largest absolute Gasteiger partial charge is 0.469 e. The van der Waals surface area contributed by atoms with Crippen LogP contribution in [0.4, 0.5) is 0 Å². The van der Waals surface area contributed by atoms with E-state index in [2.05, 4.69) is 32.2 Å². The van der Waals surface area contributed by atoms with Crippen LogP contribution in [0.2, 0.25) is 0 Å². The van der Waals surface area contributed by atoms with E-state index in [4.69, 9.17) is 19.3 Å². The molecule has 0 radical (unpaired) electrons. The summed E-state index contributed by atoms with van der Waals surface area (Å²) in [6.45, 7) is 11.3. The van der Waals surface area contributed by atoms with Crippen molar-refractivity contribution >= 4 is 19.8 Å². The third-order valence-corrected chi connectivity index (χ3v) is 3.88. The molecule has 0 aliphatic heterocycles. The number of carbonyl (C=O) groups is 2. The van der Waals surface area contributed by atoms with Gasteiger partial charge >= 0.3 is 19.8 Å². The van der Waals surface area contributed by atoms with Crippen molar-refractivity contribution in [2.45, 2.75) is 34.1 Å². The summed E-state index contributed by atoms with van der Waals surface area (Å²) in [5, 5.41) is 0. The Morgan fingerprint density at radius 2 is 1.59 bits per heavy atom. The van der Waals surface area contributed by atoms with Gasteiger partial charge in [-0.15, -0.1) is 0 Å². The minimum absolute atomic E-state index is 0.159. The van der Waals surface area contributed by atoms with Crippen molar-refractivity contribution in [3.63, 3.8) is 0 Å². The van der Waals surface area contributed by atoms with Gasteiger partial charge in [0.25, 0.3) is 0 Å². The van der Waals surface area contributed by atoms with Crippen molar-refractivity contribution in [1.29, 1.82) is 0 Å². The normalized spacial score (nSPS) is 11.9. The second kappa shape index (κ2) is 12.3. The van der Waals surface area contributed by atoms with Gasteiger partial charge in [-0.05, 0) is 27.2 Å². The van der Waals surface area contributed by atoms with Gasteiger partial charge in [-0.2, -0.15) is 0 Å². The smallest absolute Gasteiger partial charge is 0.463 e. The molecule has 0 amide bonds. The van der Waals surface area contributed by atoms with Crippen molar-refractivity contribution in [2.24, 2.45) is 5.41 Å². The van der Waals surface area contributed by atoms with Crippen LogP contribution in [0.5, 0.6) is 0 Å². The zero-order chi connectivity index (χ0) is 21.9. The van der Waals surface area contributed by atoms with E-state index in [1.54, 1.807) is 20.8 Å². The van der Waals surface area contributed by atoms with Gasteiger partial charge in [0.1, 0.15) is 19.8 Å². The Morgan fingerprint density at radius 3 is 1.96 bits per heavy atom. The molecule has 9 nitrogen and oxygen atoms in total. The topological polar surface area (TPSA) is 119 Å². The maximum Gasteiger partial charge on any atom is 0.469 e. The number of nitrogens with zero attached hydrogens (tertiary/aromatic N) is 1. The molecule has 0 heterocycles. The number of phosphoric ester groups is 1. The first-order chi connectivity index (χ1) is 12.0. The van der Waals surface area contributed by atoms with Gasteiger partial charge in [0, 0.05) is 5.57 Å². The standard InChI is InChI=1S/C9H18NO2.C8H17O6P/c1-8(2)9(11)12-7-6-10(3,4)5;1-4-8(2,3)7(9)13-5-6-14-15(10,11)12/h1,6-7H2,2-5H3;4-6H2,1-3H3,(H2,10,11,12)/q+1;. The summed E-state index contributed by atoms with van der Waals surface area (Å²) in [6.07, 6.45) is 0.630. The zero-order valence-corrected chi connectivity index (χ0v) is 18.4. The number of carbonyl (C=O) groups excluding carboxylic acids is 2. The lowest BCUT2D eigenvalue weighted by atomic mass is 9.91. The van der Waals surface area contributed by atoms with Crippen LogP contribution in [0.15, 0.2) is 12.2 Å². The van der Waals surface area contributed by atoms with Gasteiger partial charge in [0.15, 0.2) is 0 Å². The number of esters is 2. The summed E-state index contributed by atoms with van der Waals surface area (Å²) in [7, 11) is 1.69. The van der Waals surface area contributed by atoms with Crippen molar-refractivity contribution in [3.8, 4) is 0 Å². The third kappa shape index (κ3) is 17.9. The Morgan fingerprint density at radius 1 is 1.07 bits per heavy atom. The van der Waals surface area contributed by atoms with Gasteiger partial charge in [-0.1, -0.05) is 13.5 Å². The van der Waals surface area contributed by atoms with Gasteiger partial charge in [0.05, 0.1) is 33.2 Å². The Balaban J connectivity index is 0. The first-order valence-electron chi connectivity index (χ1n) is 8.52. The first kappa shape index (κ1) is 28.0. The van der Waals surface area contributed by atoms with E-state index >= 15 is 0 Å². The SMILES string of the molecule is C=C(C)C(=O)OCC[N+](C)(C)C.CCC(C)(C)C(=O)OCCOP(=O)(O)O. The minimum Gasteiger partial charge on any atom is -0.463 e. The summed E-state index contributed by atoms with van der Waals surface area (Å²) < 4.78 is 24.9. The summed E-state index contributed by atoms with van der Waals surface area (Å²) in [6, 6.07) is 0. The monoisotopic (exact) mass is 412 g/mol. The van der Waals surface area contributed by atoms with Crippen molar-refractivity contribution < 1.29 is 42.4 Å². The van der Waals surface area contributed by atoms with E-state index in [0.717, 1.165) is 11.0 Å². The highest BCUT2D eigenvalue weighted by molar-refractivity contribution is 7.46. The van der Waals surface area contributed by atoms with Gasteiger partial charge < -0.3 is 23.7 Å². The second-order valence-corrected chi connectivity index (χ2v) is 8.87. The number of hydrogen-bond acceptors (Lipinski definition) is 6. The molecular formula is C17H35NO8P+. The second-order valence-electron chi connectivity index (χ2n) is 7.63. The quantitative estimate of drug-likeness (QED) is 0.184. The lowest BCUT2D eigenvalue weighted by Crippen LogP contribution is -2.38. The predicted molar refractivity (Wildman–Crippen MR) is 102 cm³/mol. The molecule has 0 saturated heterocycles. The van der Waals surface area contributed by atoms with Gasteiger partial charge in [-0.3, -0.25) is 9.32 Å². The summed E-state index contributed by atoms with van der Waals surface area (Å²) in [5.41, 5.74) is -0.126. The molecule has 0 aromatic rings. The number of ether oxygens (including phenoxy) is 2. The number of hydrogen-bond donors (Lipinski definition) is 2. The summed E-state index contributed by atoms with van der Waals surface area (Å²) >= 11 is 0. The van der Waals surface area contributed by atoms with Crippen LogP contribution in [0, 0.1) is 5.41 Å². The van der Waals surface area contributed by atoms with E-state index in [0.29, 0.717) is 18.6 Å². The molecule has 0 bridgehead atoms. The lowest BCUT2D eigenvalue weighted by molar-refractivity contribution is -0.870. The van der Waals surface area contributed by atoms with Crippen LogP contribution in [-0.4, -0.2) is 73.7 Å². The molecule has 0 fully saturated rings. The molecule has 2 N–H and O–H groups in total. The van der Waals surface area contributed by atoms with Crippen molar-refractivity contribution in [2.75, 3.05) is 47.5 Å². The molecule has 0 aromatic heterocycles. The molecule has 0 atom stereocenters. The average molecular weight is 412 g/mol. The van der Waals surface area contributed by atoms with Gasteiger partial charge in [0.2, 0.25) is 0 Å². The molecule has 0 aliphatic rings. The minimum atomic E-state index is -4.46. The van der Waals surface area contributed by atoms with Crippen LogP contribution >= 0.6 is 7.82 Å². The molecule has 27 heavy (non-hydrogen) atoms.